The molecule has 0 saturated heterocycles. The van der Waals surface area contributed by atoms with E-state index in [4.69, 9.17) is 9.15 Å². The van der Waals surface area contributed by atoms with Crippen molar-refractivity contribution < 1.29 is 18.7 Å². The lowest BCUT2D eigenvalue weighted by atomic mass is 10.1. The maximum absolute atomic E-state index is 12.4. The molecule has 0 fully saturated rings. The molecule has 2 heterocycles. The van der Waals surface area contributed by atoms with E-state index in [1.165, 1.54) is 13.5 Å². The molecule has 0 spiro atoms. The molecule has 10 nitrogen and oxygen atoms in total. The molecule has 3 N–H and O–H groups in total. The lowest BCUT2D eigenvalue weighted by molar-refractivity contribution is -0.132. The number of hydrogen-bond acceptors (Lipinski definition) is 8. The van der Waals surface area contributed by atoms with Crippen LogP contribution in [0.5, 0.6) is 5.75 Å². The van der Waals surface area contributed by atoms with E-state index in [-0.39, 0.29) is 0 Å². The number of aryl methyl sites for hydroxylation is 2. The summed E-state index contributed by atoms with van der Waals surface area (Å²) in [6.07, 6.45) is 2.87. The third kappa shape index (κ3) is 5.36. The first-order valence-electron chi connectivity index (χ1n) is 10.3. The van der Waals surface area contributed by atoms with Crippen molar-refractivity contribution in [2.75, 3.05) is 23.1 Å². The third-order valence-electron chi connectivity index (χ3n) is 4.74. The Bertz CT molecular complexity index is 1300. The van der Waals surface area contributed by atoms with Crippen LogP contribution in [-0.2, 0) is 9.59 Å². The van der Waals surface area contributed by atoms with Crippen LogP contribution < -0.4 is 20.7 Å². The third-order valence-corrected chi connectivity index (χ3v) is 4.74. The maximum atomic E-state index is 12.4. The van der Waals surface area contributed by atoms with Crippen LogP contribution in [0.25, 0.3) is 11.3 Å². The van der Waals surface area contributed by atoms with Crippen LogP contribution in [0.4, 0.5) is 23.0 Å². The lowest BCUT2D eigenvalue weighted by Gasteiger charge is -2.11. The Labute approximate surface area is 195 Å². The number of amides is 2. The number of oxazole rings is 1. The summed E-state index contributed by atoms with van der Waals surface area (Å²) in [6.45, 7) is 3.79. The monoisotopic (exact) mass is 458 g/mol. The highest BCUT2D eigenvalue weighted by Crippen LogP contribution is 2.32. The number of anilines is 4. The van der Waals surface area contributed by atoms with Crippen LogP contribution in [0.15, 0.2) is 65.5 Å². The molecule has 2 aromatic heterocycles. The first-order chi connectivity index (χ1) is 16.4. The second-order valence-corrected chi connectivity index (χ2v) is 7.37. The van der Waals surface area contributed by atoms with Crippen molar-refractivity contribution in [1.29, 1.82) is 0 Å². The zero-order chi connectivity index (χ0) is 24.1. The molecule has 2 amide bonds. The fourth-order valence-corrected chi connectivity index (χ4v) is 3.24. The number of rotatable bonds is 6. The Hall–Kier alpha value is -4.73. The highest BCUT2D eigenvalue weighted by molar-refractivity contribution is 6.43. The first kappa shape index (κ1) is 22.5. The fourth-order valence-electron chi connectivity index (χ4n) is 3.24. The Kier molecular flexibility index (Phi) is 6.49. The van der Waals surface area contributed by atoms with Crippen LogP contribution in [0.2, 0.25) is 0 Å². The zero-order valence-corrected chi connectivity index (χ0v) is 18.7. The number of benzene rings is 2. The Morgan fingerprint density at radius 1 is 0.853 bits per heavy atom. The standard InChI is InChI=1S/C24H22N6O4/c1-14-10-15(2)27-24(26-14)30-17-6-4-16(5-7-17)28-22(31)23(32)29-18-8-9-19(20(11-18)33-3)21-12-25-13-34-21/h4-13H,1-3H3,(H,28,31)(H,29,32)(H,26,27,30). The molecule has 0 bridgehead atoms. The van der Waals surface area contributed by atoms with Gasteiger partial charge in [-0.1, -0.05) is 0 Å². The second-order valence-electron chi connectivity index (χ2n) is 7.37. The predicted octanol–water partition coefficient (Wildman–Crippen LogP) is 4.08. The molecule has 4 rings (SSSR count). The van der Waals surface area contributed by atoms with E-state index in [9.17, 15) is 9.59 Å². The maximum Gasteiger partial charge on any atom is 0.314 e. The quantitative estimate of drug-likeness (QED) is 0.368. The van der Waals surface area contributed by atoms with E-state index >= 15 is 0 Å². The van der Waals surface area contributed by atoms with Crippen LogP contribution >= 0.6 is 0 Å². The highest BCUT2D eigenvalue weighted by atomic mass is 16.5. The van der Waals surface area contributed by atoms with Crippen molar-refractivity contribution in [3.8, 4) is 17.1 Å². The van der Waals surface area contributed by atoms with Gasteiger partial charge in [0.05, 0.1) is 18.9 Å². The van der Waals surface area contributed by atoms with Crippen molar-refractivity contribution in [2.45, 2.75) is 13.8 Å². The predicted molar refractivity (Wildman–Crippen MR) is 127 cm³/mol. The Morgan fingerprint density at radius 3 is 2.09 bits per heavy atom. The average molecular weight is 458 g/mol. The topological polar surface area (TPSA) is 131 Å². The molecule has 10 heteroatoms. The van der Waals surface area contributed by atoms with E-state index in [0.717, 1.165) is 17.1 Å². The summed E-state index contributed by atoms with van der Waals surface area (Å²) in [5, 5.41) is 8.24. The van der Waals surface area contributed by atoms with Crippen molar-refractivity contribution in [3.63, 3.8) is 0 Å². The van der Waals surface area contributed by atoms with Gasteiger partial charge in [0.15, 0.2) is 12.2 Å². The minimum absolute atomic E-state index is 0.397. The summed E-state index contributed by atoms with van der Waals surface area (Å²) in [5.74, 6) is -0.157. The Balaban J connectivity index is 1.37. The van der Waals surface area contributed by atoms with Crippen LogP contribution in [0.1, 0.15) is 11.4 Å². The number of hydrogen-bond donors (Lipinski definition) is 3. The van der Waals surface area contributed by atoms with E-state index < -0.39 is 11.8 Å². The smallest absolute Gasteiger partial charge is 0.314 e. The molecule has 0 radical (unpaired) electrons. The van der Waals surface area contributed by atoms with Gasteiger partial charge in [0.2, 0.25) is 5.95 Å². The lowest BCUT2D eigenvalue weighted by Crippen LogP contribution is -2.29. The summed E-state index contributed by atoms with van der Waals surface area (Å²) < 4.78 is 10.6. The van der Waals surface area contributed by atoms with Gasteiger partial charge in [-0.05, 0) is 56.3 Å². The van der Waals surface area contributed by atoms with Crippen molar-refractivity contribution in [2.24, 2.45) is 0 Å². The van der Waals surface area contributed by atoms with Gasteiger partial charge in [0.1, 0.15) is 5.75 Å². The molecule has 0 saturated carbocycles. The zero-order valence-electron chi connectivity index (χ0n) is 18.7. The minimum atomic E-state index is -0.819. The van der Waals surface area contributed by atoms with Crippen LogP contribution in [-0.4, -0.2) is 33.9 Å². The summed E-state index contributed by atoms with van der Waals surface area (Å²) in [7, 11) is 1.50. The molecular formula is C24H22N6O4. The van der Waals surface area contributed by atoms with Gasteiger partial charge in [-0.2, -0.15) is 0 Å². The van der Waals surface area contributed by atoms with Crippen molar-refractivity contribution in [3.05, 3.63) is 72.5 Å². The van der Waals surface area contributed by atoms with Gasteiger partial charge >= 0.3 is 11.8 Å². The van der Waals surface area contributed by atoms with E-state index in [2.05, 4.69) is 30.9 Å². The van der Waals surface area contributed by atoms with Gasteiger partial charge < -0.3 is 25.1 Å². The second kappa shape index (κ2) is 9.82. The number of aromatic nitrogens is 3. The van der Waals surface area contributed by atoms with Crippen LogP contribution in [0.3, 0.4) is 0 Å². The molecule has 0 aliphatic rings. The minimum Gasteiger partial charge on any atom is -0.496 e. The summed E-state index contributed by atoms with van der Waals surface area (Å²) >= 11 is 0. The number of carbonyl (C=O) groups excluding carboxylic acids is 2. The Morgan fingerprint density at radius 2 is 1.47 bits per heavy atom. The average Bonchev–Trinajstić information content (AvgIpc) is 3.34. The molecule has 0 aliphatic heterocycles. The molecule has 2 aromatic carbocycles. The largest absolute Gasteiger partial charge is 0.496 e. The number of ether oxygens (including phenoxy) is 1. The highest BCUT2D eigenvalue weighted by Gasteiger charge is 2.16. The molecule has 0 aliphatic carbocycles. The number of nitrogens with zero attached hydrogens (tertiary/aromatic N) is 3. The number of nitrogens with one attached hydrogen (secondary N) is 3. The van der Waals surface area contributed by atoms with Gasteiger partial charge in [0.25, 0.3) is 0 Å². The summed E-state index contributed by atoms with van der Waals surface area (Å²) in [6, 6.07) is 13.7. The van der Waals surface area contributed by atoms with Crippen molar-refractivity contribution >= 4 is 34.8 Å². The van der Waals surface area contributed by atoms with E-state index in [1.807, 2.05) is 19.9 Å². The van der Waals surface area contributed by atoms with Crippen LogP contribution in [0, 0.1) is 13.8 Å². The van der Waals surface area contributed by atoms with Gasteiger partial charge in [-0.15, -0.1) is 0 Å². The molecule has 172 valence electrons. The van der Waals surface area contributed by atoms with Gasteiger partial charge in [-0.3, -0.25) is 9.59 Å². The molecule has 34 heavy (non-hydrogen) atoms. The first-order valence-corrected chi connectivity index (χ1v) is 10.3. The van der Waals surface area contributed by atoms with Crippen molar-refractivity contribution in [1.82, 2.24) is 15.0 Å². The van der Waals surface area contributed by atoms with E-state index in [0.29, 0.717) is 34.4 Å². The van der Waals surface area contributed by atoms with E-state index in [1.54, 1.807) is 48.7 Å². The molecule has 0 unspecified atom stereocenters. The summed E-state index contributed by atoms with van der Waals surface area (Å²) in [4.78, 5) is 37.3. The van der Waals surface area contributed by atoms with Gasteiger partial charge in [0, 0.05) is 34.5 Å². The van der Waals surface area contributed by atoms with Gasteiger partial charge in [-0.25, -0.2) is 15.0 Å². The molecule has 0 atom stereocenters. The number of carbonyl (C=O) groups is 2. The molecular weight excluding hydrogens is 436 g/mol. The molecule has 4 aromatic rings. The normalized spacial score (nSPS) is 10.4. The fraction of sp³-hybridized carbons (Fsp3) is 0.125. The SMILES string of the molecule is COc1cc(NC(=O)C(=O)Nc2ccc(Nc3nc(C)cc(C)n3)cc2)ccc1-c1cnco1. The number of methoxy groups -OCH3 is 1. The summed E-state index contributed by atoms with van der Waals surface area (Å²) in [5.41, 5.74) is 3.98.